The van der Waals surface area contributed by atoms with Gasteiger partial charge in [0, 0.05) is 25.4 Å². The molecule has 2 rings (SSSR count). The summed E-state index contributed by atoms with van der Waals surface area (Å²) in [5.41, 5.74) is 0.481. The quantitative estimate of drug-likeness (QED) is 0.375. The van der Waals surface area contributed by atoms with Crippen molar-refractivity contribution in [1.82, 2.24) is 15.6 Å². The Morgan fingerprint density at radius 3 is 2.45 bits per heavy atom. The van der Waals surface area contributed by atoms with Crippen LogP contribution in [0.2, 0.25) is 0 Å². The van der Waals surface area contributed by atoms with Crippen LogP contribution in [-0.4, -0.2) is 51.0 Å². The molecule has 2 N–H and O–H groups in total. The maximum atomic E-state index is 12.4. The molecule has 0 saturated carbocycles. The Labute approximate surface area is 166 Å². The van der Waals surface area contributed by atoms with Crippen LogP contribution in [0.4, 0.5) is 13.2 Å². The van der Waals surface area contributed by atoms with Gasteiger partial charge in [-0.05, 0) is 30.3 Å². The standard InChI is InChI=1S/C19H23F3N4O3/c1-23-18(25-10-11-28-16-7-5-15(27-2)6-8-16)26-12-14-4-3-9-24-17(14)29-13-19(20,21)22/h3-9H,10-13H2,1-2H3,(H2,23,25,26). The van der Waals surface area contributed by atoms with Crippen LogP contribution in [0.25, 0.3) is 0 Å². The van der Waals surface area contributed by atoms with E-state index in [0.29, 0.717) is 30.4 Å². The first-order chi connectivity index (χ1) is 13.9. The first-order valence-corrected chi connectivity index (χ1v) is 8.76. The molecule has 0 amide bonds. The van der Waals surface area contributed by atoms with E-state index in [2.05, 4.69) is 20.6 Å². The van der Waals surface area contributed by atoms with Crippen molar-refractivity contribution in [2.75, 3.05) is 33.9 Å². The molecule has 0 radical (unpaired) electrons. The zero-order valence-corrected chi connectivity index (χ0v) is 16.1. The van der Waals surface area contributed by atoms with Gasteiger partial charge >= 0.3 is 6.18 Å². The Morgan fingerprint density at radius 2 is 1.79 bits per heavy atom. The normalized spacial score (nSPS) is 11.7. The number of rotatable bonds is 9. The number of nitrogens with zero attached hydrogens (tertiary/aromatic N) is 2. The Bertz CT molecular complexity index is 783. The molecule has 0 unspecified atom stereocenters. The van der Waals surface area contributed by atoms with E-state index in [9.17, 15) is 13.2 Å². The van der Waals surface area contributed by atoms with Gasteiger partial charge in [-0.2, -0.15) is 13.2 Å². The molecular formula is C19H23F3N4O3. The molecule has 2 aromatic rings. The van der Waals surface area contributed by atoms with Crippen molar-refractivity contribution in [3.05, 3.63) is 48.2 Å². The van der Waals surface area contributed by atoms with Crippen molar-refractivity contribution >= 4 is 5.96 Å². The number of nitrogens with one attached hydrogen (secondary N) is 2. The van der Waals surface area contributed by atoms with Crippen LogP contribution < -0.4 is 24.8 Å². The maximum absolute atomic E-state index is 12.4. The van der Waals surface area contributed by atoms with Gasteiger partial charge in [0.15, 0.2) is 12.6 Å². The fourth-order valence-corrected chi connectivity index (χ4v) is 2.25. The predicted octanol–water partition coefficient (Wildman–Crippen LogP) is 2.78. The second-order valence-corrected chi connectivity index (χ2v) is 5.75. The number of pyridine rings is 1. The monoisotopic (exact) mass is 412 g/mol. The van der Waals surface area contributed by atoms with Crippen molar-refractivity contribution in [2.24, 2.45) is 4.99 Å². The number of ether oxygens (including phenoxy) is 3. The second kappa shape index (κ2) is 11.0. The lowest BCUT2D eigenvalue weighted by Gasteiger charge is -2.15. The van der Waals surface area contributed by atoms with Gasteiger partial charge in [0.1, 0.15) is 18.1 Å². The lowest BCUT2D eigenvalue weighted by Crippen LogP contribution is -2.39. The molecule has 0 aliphatic carbocycles. The summed E-state index contributed by atoms with van der Waals surface area (Å²) in [5, 5.41) is 6.06. The summed E-state index contributed by atoms with van der Waals surface area (Å²) >= 11 is 0. The van der Waals surface area contributed by atoms with Crippen LogP contribution in [0.15, 0.2) is 47.6 Å². The average Bonchev–Trinajstić information content (AvgIpc) is 2.72. The maximum Gasteiger partial charge on any atom is 0.422 e. The number of aromatic nitrogens is 1. The fourth-order valence-electron chi connectivity index (χ4n) is 2.25. The number of halogens is 3. The van der Waals surface area contributed by atoms with E-state index >= 15 is 0 Å². The van der Waals surface area contributed by atoms with E-state index in [-0.39, 0.29) is 12.4 Å². The molecule has 0 fully saturated rings. The minimum Gasteiger partial charge on any atom is -0.497 e. The molecule has 29 heavy (non-hydrogen) atoms. The second-order valence-electron chi connectivity index (χ2n) is 5.75. The summed E-state index contributed by atoms with van der Waals surface area (Å²) in [7, 11) is 3.18. The third-order valence-corrected chi connectivity index (χ3v) is 3.62. The van der Waals surface area contributed by atoms with E-state index in [0.717, 1.165) is 5.75 Å². The Balaban J connectivity index is 1.77. The van der Waals surface area contributed by atoms with E-state index in [4.69, 9.17) is 14.2 Å². The fraction of sp³-hybridized carbons (Fsp3) is 0.368. The number of aliphatic imine (C=N–C) groups is 1. The van der Waals surface area contributed by atoms with E-state index < -0.39 is 12.8 Å². The van der Waals surface area contributed by atoms with Crippen molar-refractivity contribution in [3.8, 4) is 17.4 Å². The molecule has 1 aromatic carbocycles. The van der Waals surface area contributed by atoms with Gasteiger partial charge in [-0.25, -0.2) is 4.98 Å². The molecule has 0 saturated heterocycles. The zero-order chi connectivity index (χ0) is 21.1. The number of hydrogen-bond acceptors (Lipinski definition) is 5. The van der Waals surface area contributed by atoms with Crippen molar-refractivity contribution in [1.29, 1.82) is 0 Å². The summed E-state index contributed by atoms with van der Waals surface area (Å²) < 4.78 is 52.5. The summed E-state index contributed by atoms with van der Waals surface area (Å²) in [6.45, 7) is -0.344. The highest BCUT2D eigenvalue weighted by Crippen LogP contribution is 2.20. The summed E-state index contributed by atoms with van der Waals surface area (Å²) in [6.07, 6.45) is -3.05. The lowest BCUT2D eigenvalue weighted by atomic mass is 10.2. The van der Waals surface area contributed by atoms with Crippen molar-refractivity contribution in [2.45, 2.75) is 12.7 Å². The molecule has 0 aliphatic rings. The van der Waals surface area contributed by atoms with Crippen LogP contribution in [-0.2, 0) is 6.54 Å². The molecule has 7 nitrogen and oxygen atoms in total. The van der Waals surface area contributed by atoms with Gasteiger partial charge < -0.3 is 24.8 Å². The molecule has 0 atom stereocenters. The van der Waals surface area contributed by atoms with Gasteiger partial charge in [0.25, 0.3) is 0 Å². The van der Waals surface area contributed by atoms with Crippen molar-refractivity contribution < 1.29 is 27.4 Å². The first-order valence-electron chi connectivity index (χ1n) is 8.76. The highest BCUT2D eigenvalue weighted by Gasteiger charge is 2.29. The predicted molar refractivity (Wildman–Crippen MR) is 102 cm³/mol. The molecule has 1 aromatic heterocycles. The third-order valence-electron chi connectivity index (χ3n) is 3.62. The number of hydrogen-bond donors (Lipinski definition) is 2. The average molecular weight is 412 g/mol. The number of guanidine groups is 1. The number of benzene rings is 1. The van der Waals surface area contributed by atoms with Crippen LogP contribution in [0.5, 0.6) is 17.4 Å². The van der Waals surface area contributed by atoms with Crippen LogP contribution >= 0.6 is 0 Å². The topological polar surface area (TPSA) is 77.0 Å². The van der Waals surface area contributed by atoms with E-state index in [1.165, 1.54) is 6.20 Å². The van der Waals surface area contributed by atoms with E-state index in [1.54, 1.807) is 50.6 Å². The van der Waals surface area contributed by atoms with E-state index in [1.807, 2.05) is 0 Å². The molecular weight excluding hydrogens is 389 g/mol. The van der Waals surface area contributed by atoms with Gasteiger partial charge in [-0.15, -0.1) is 0 Å². The Hall–Kier alpha value is -3.17. The van der Waals surface area contributed by atoms with Crippen LogP contribution in [0.1, 0.15) is 5.56 Å². The molecule has 0 aliphatic heterocycles. The molecule has 1 heterocycles. The Morgan fingerprint density at radius 1 is 1.07 bits per heavy atom. The molecule has 10 heteroatoms. The first kappa shape index (κ1) is 22.1. The Kier molecular flexibility index (Phi) is 8.38. The highest BCUT2D eigenvalue weighted by atomic mass is 19.4. The smallest absolute Gasteiger partial charge is 0.422 e. The number of methoxy groups -OCH3 is 1. The minimum absolute atomic E-state index is 0.0735. The van der Waals surface area contributed by atoms with Crippen LogP contribution in [0, 0.1) is 0 Å². The van der Waals surface area contributed by atoms with Gasteiger partial charge in [0.05, 0.1) is 13.7 Å². The third kappa shape index (κ3) is 8.16. The van der Waals surface area contributed by atoms with Gasteiger partial charge in [-0.1, -0.05) is 6.07 Å². The SMILES string of the molecule is CN=C(NCCOc1ccc(OC)cc1)NCc1cccnc1OCC(F)(F)F. The molecule has 158 valence electrons. The van der Waals surface area contributed by atoms with Crippen LogP contribution in [0.3, 0.4) is 0 Å². The lowest BCUT2D eigenvalue weighted by molar-refractivity contribution is -0.154. The largest absolute Gasteiger partial charge is 0.497 e. The highest BCUT2D eigenvalue weighted by molar-refractivity contribution is 5.79. The summed E-state index contributed by atoms with van der Waals surface area (Å²) in [5.74, 6) is 1.84. The zero-order valence-electron chi connectivity index (χ0n) is 16.1. The molecule has 0 bridgehead atoms. The van der Waals surface area contributed by atoms with Gasteiger partial charge in [0.2, 0.25) is 5.88 Å². The van der Waals surface area contributed by atoms with Gasteiger partial charge in [-0.3, -0.25) is 4.99 Å². The summed E-state index contributed by atoms with van der Waals surface area (Å²) in [6, 6.07) is 10.5. The molecule has 0 spiro atoms. The number of alkyl halides is 3. The minimum atomic E-state index is -4.43. The van der Waals surface area contributed by atoms with Crippen molar-refractivity contribution in [3.63, 3.8) is 0 Å². The summed E-state index contributed by atoms with van der Waals surface area (Å²) in [4.78, 5) is 7.92.